The van der Waals surface area contributed by atoms with E-state index < -0.39 is 17.2 Å². The molecule has 2 heterocycles. The van der Waals surface area contributed by atoms with Crippen LogP contribution >= 0.6 is 0 Å². The quantitative estimate of drug-likeness (QED) is 0.398. The minimum absolute atomic E-state index is 0.122. The lowest BCUT2D eigenvalue weighted by Crippen LogP contribution is -2.38. The predicted molar refractivity (Wildman–Crippen MR) is 129 cm³/mol. The average molecular weight is 450 g/mol. The topological polar surface area (TPSA) is 110 Å². The Labute approximate surface area is 192 Å². The summed E-state index contributed by atoms with van der Waals surface area (Å²) in [5.74, 6) is -0.620. The number of nitrogens with zero attached hydrogens (tertiary/aromatic N) is 3. The number of aromatic nitrogens is 4. The lowest BCUT2D eigenvalue weighted by Gasteiger charge is -2.11. The van der Waals surface area contributed by atoms with Gasteiger partial charge in [-0.05, 0) is 35.9 Å². The van der Waals surface area contributed by atoms with Gasteiger partial charge in [0.1, 0.15) is 5.82 Å². The number of benzene rings is 3. The SMILES string of the molecule is O=C(O)/C=C/c1ccc(-c2nc3c(=O)n(-c4ccccc4)c(=O)n(-c4ccccc4)c3[nH]2)cc1. The molecule has 8 nitrogen and oxygen atoms in total. The first-order valence-electron chi connectivity index (χ1n) is 10.4. The summed E-state index contributed by atoms with van der Waals surface area (Å²) in [6.45, 7) is 0. The fraction of sp³-hybridized carbons (Fsp3) is 0. The molecule has 5 rings (SSSR count). The van der Waals surface area contributed by atoms with E-state index >= 15 is 0 Å². The van der Waals surface area contributed by atoms with E-state index in [-0.39, 0.29) is 5.52 Å². The van der Waals surface area contributed by atoms with E-state index in [1.807, 2.05) is 24.3 Å². The van der Waals surface area contributed by atoms with Gasteiger partial charge in [0.15, 0.2) is 11.2 Å². The van der Waals surface area contributed by atoms with E-state index in [4.69, 9.17) is 5.11 Å². The highest BCUT2D eigenvalue weighted by Crippen LogP contribution is 2.21. The van der Waals surface area contributed by atoms with Crippen LogP contribution in [0.3, 0.4) is 0 Å². The number of hydrogen-bond acceptors (Lipinski definition) is 4. The molecule has 166 valence electrons. The normalized spacial score (nSPS) is 11.3. The third kappa shape index (κ3) is 3.73. The highest BCUT2D eigenvalue weighted by molar-refractivity contribution is 5.85. The molecule has 0 atom stereocenters. The first-order valence-corrected chi connectivity index (χ1v) is 10.4. The van der Waals surface area contributed by atoms with Crippen LogP contribution in [0.4, 0.5) is 0 Å². The highest BCUT2D eigenvalue weighted by atomic mass is 16.4. The van der Waals surface area contributed by atoms with Gasteiger partial charge in [-0.2, -0.15) is 0 Å². The Kier molecular flexibility index (Phi) is 5.23. The average Bonchev–Trinajstić information content (AvgIpc) is 3.30. The lowest BCUT2D eigenvalue weighted by molar-refractivity contribution is -0.131. The van der Waals surface area contributed by atoms with Crippen molar-refractivity contribution in [2.45, 2.75) is 0 Å². The molecule has 0 saturated heterocycles. The lowest BCUT2D eigenvalue weighted by atomic mass is 10.1. The van der Waals surface area contributed by atoms with Gasteiger partial charge in [-0.25, -0.2) is 23.7 Å². The summed E-state index contributed by atoms with van der Waals surface area (Å²) < 4.78 is 2.55. The molecular formula is C26H18N4O4. The summed E-state index contributed by atoms with van der Waals surface area (Å²) in [5, 5.41) is 8.80. The third-order valence-electron chi connectivity index (χ3n) is 5.33. The van der Waals surface area contributed by atoms with E-state index in [0.717, 1.165) is 10.6 Å². The Morgan fingerprint density at radius 1 is 0.824 bits per heavy atom. The monoisotopic (exact) mass is 450 g/mol. The Morgan fingerprint density at radius 2 is 1.41 bits per heavy atom. The van der Waals surface area contributed by atoms with Crippen LogP contribution in [0.15, 0.2) is 101 Å². The molecule has 0 spiro atoms. The number of aromatic amines is 1. The number of hydrogen-bond donors (Lipinski definition) is 2. The van der Waals surface area contributed by atoms with Crippen molar-refractivity contribution in [3.8, 4) is 22.8 Å². The molecule has 2 N–H and O–H groups in total. The number of H-pyrrole nitrogens is 1. The zero-order valence-electron chi connectivity index (χ0n) is 17.8. The second-order valence-corrected chi connectivity index (χ2v) is 7.51. The van der Waals surface area contributed by atoms with Crippen molar-refractivity contribution < 1.29 is 9.90 Å². The van der Waals surface area contributed by atoms with Crippen LogP contribution in [0, 0.1) is 0 Å². The Morgan fingerprint density at radius 3 is 2.00 bits per heavy atom. The highest BCUT2D eigenvalue weighted by Gasteiger charge is 2.20. The summed E-state index contributed by atoms with van der Waals surface area (Å²) in [6, 6.07) is 24.8. The van der Waals surface area contributed by atoms with Crippen LogP contribution < -0.4 is 11.2 Å². The minimum atomic E-state index is -1.03. The largest absolute Gasteiger partial charge is 0.478 e. The molecule has 0 fully saturated rings. The summed E-state index contributed by atoms with van der Waals surface area (Å²) in [4.78, 5) is 45.3. The number of carboxylic acid groups (broad SMARTS) is 1. The molecule has 5 aromatic rings. The maximum absolute atomic E-state index is 13.5. The second kappa shape index (κ2) is 8.51. The number of carbonyl (C=O) groups is 1. The van der Waals surface area contributed by atoms with Gasteiger partial charge in [0, 0.05) is 11.6 Å². The van der Waals surface area contributed by atoms with Crippen molar-refractivity contribution in [2.24, 2.45) is 0 Å². The van der Waals surface area contributed by atoms with Crippen molar-refractivity contribution in [3.63, 3.8) is 0 Å². The molecule has 0 amide bonds. The number of nitrogens with one attached hydrogen (secondary N) is 1. The molecule has 0 aliphatic rings. The maximum Gasteiger partial charge on any atom is 0.341 e. The van der Waals surface area contributed by atoms with Crippen LogP contribution in [-0.4, -0.2) is 30.2 Å². The first kappa shape index (κ1) is 20.9. The zero-order chi connectivity index (χ0) is 23.7. The van der Waals surface area contributed by atoms with Gasteiger partial charge in [0.25, 0.3) is 5.56 Å². The maximum atomic E-state index is 13.5. The van der Waals surface area contributed by atoms with Crippen LogP contribution in [-0.2, 0) is 4.79 Å². The van der Waals surface area contributed by atoms with Crippen molar-refractivity contribution in [2.75, 3.05) is 0 Å². The molecule has 34 heavy (non-hydrogen) atoms. The predicted octanol–water partition coefficient (Wildman–Crippen LogP) is 3.63. The van der Waals surface area contributed by atoms with Crippen LogP contribution in [0.1, 0.15) is 5.56 Å². The van der Waals surface area contributed by atoms with Gasteiger partial charge in [-0.1, -0.05) is 60.7 Å². The fourth-order valence-corrected chi connectivity index (χ4v) is 3.74. The van der Waals surface area contributed by atoms with Gasteiger partial charge in [-0.15, -0.1) is 0 Å². The number of fused-ring (bicyclic) bond motifs is 1. The fourth-order valence-electron chi connectivity index (χ4n) is 3.74. The van der Waals surface area contributed by atoms with E-state index in [0.29, 0.717) is 34.0 Å². The molecule has 0 aliphatic carbocycles. The minimum Gasteiger partial charge on any atom is -0.478 e. The number of imidazole rings is 1. The molecule has 0 bridgehead atoms. The molecule has 8 heteroatoms. The van der Waals surface area contributed by atoms with Crippen LogP contribution in [0.25, 0.3) is 40.0 Å². The van der Waals surface area contributed by atoms with E-state index in [9.17, 15) is 14.4 Å². The van der Waals surface area contributed by atoms with Crippen LogP contribution in [0.2, 0.25) is 0 Å². The Bertz CT molecular complexity index is 1650. The van der Waals surface area contributed by atoms with Gasteiger partial charge >= 0.3 is 11.7 Å². The molecule has 3 aromatic carbocycles. The van der Waals surface area contributed by atoms with Crippen molar-refractivity contribution in [1.82, 2.24) is 19.1 Å². The van der Waals surface area contributed by atoms with Crippen molar-refractivity contribution in [1.29, 1.82) is 0 Å². The molecule has 0 aliphatic heterocycles. The van der Waals surface area contributed by atoms with Gasteiger partial charge in [0.05, 0.1) is 11.4 Å². The van der Waals surface area contributed by atoms with E-state index in [2.05, 4.69) is 9.97 Å². The number of para-hydroxylation sites is 2. The molecule has 0 radical (unpaired) electrons. The van der Waals surface area contributed by atoms with E-state index in [1.54, 1.807) is 60.7 Å². The van der Waals surface area contributed by atoms with Gasteiger partial charge in [0.2, 0.25) is 0 Å². The standard InChI is InChI=1S/C26H18N4O4/c31-21(32)16-13-17-11-14-18(15-12-17)23-27-22-24(28-23)29(19-7-3-1-4-8-19)26(34)30(25(22)33)20-9-5-2-6-10-20/h1-16H,(H,27,28)(H,31,32)/b16-13+. The Balaban J connectivity index is 1.74. The first-order chi connectivity index (χ1) is 16.5. The number of carboxylic acids is 1. The Hall–Kier alpha value is -4.98. The van der Waals surface area contributed by atoms with E-state index in [1.165, 1.54) is 10.6 Å². The summed E-state index contributed by atoms with van der Waals surface area (Å²) in [7, 11) is 0. The third-order valence-corrected chi connectivity index (χ3v) is 5.33. The van der Waals surface area contributed by atoms with Crippen LogP contribution in [0.5, 0.6) is 0 Å². The molecule has 2 aromatic heterocycles. The van der Waals surface area contributed by atoms with Crippen molar-refractivity contribution in [3.05, 3.63) is 117 Å². The molecular weight excluding hydrogens is 432 g/mol. The van der Waals surface area contributed by atoms with Gasteiger partial charge < -0.3 is 10.1 Å². The number of rotatable bonds is 5. The molecule has 0 unspecified atom stereocenters. The molecule has 0 saturated carbocycles. The summed E-state index contributed by atoms with van der Waals surface area (Å²) in [5.41, 5.74) is 1.79. The van der Waals surface area contributed by atoms with Gasteiger partial charge in [-0.3, -0.25) is 4.79 Å². The smallest absolute Gasteiger partial charge is 0.341 e. The zero-order valence-corrected chi connectivity index (χ0v) is 17.8. The van der Waals surface area contributed by atoms with Crippen molar-refractivity contribution >= 4 is 23.2 Å². The summed E-state index contributed by atoms with van der Waals surface area (Å²) >= 11 is 0. The summed E-state index contributed by atoms with van der Waals surface area (Å²) in [6.07, 6.45) is 2.54. The second-order valence-electron chi connectivity index (χ2n) is 7.51. The number of aliphatic carboxylic acids is 1.